The minimum Gasteiger partial charge on any atom is -0.481 e. The fourth-order valence-electron chi connectivity index (χ4n) is 4.14. The Morgan fingerprint density at radius 1 is 0.929 bits per heavy atom. The van der Waals surface area contributed by atoms with Crippen molar-refractivity contribution in [1.29, 1.82) is 0 Å². The van der Waals surface area contributed by atoms with Gasteiger partial charge in [0.1, 0.15) is 5.82 Å². The van der Waals surface area contributed by atoms with Crippen molar-refractivity contribution in [3.05, 3.63) is 35.6 Å². The van der Waals surface area contributed by atoms with Gasteiger partial charge in [0.15, 0.2) is 0 Å². The maximum Gasteiger partial charge on any atom is 0.306 e. The third-order valence-corrected chi connectivity index (χ3v) is 5.98. The molecule has 1 aromatic carbocycles. The highest BCUT2D eigenvalue weighted by Crippen LogP contribution is 2.31. The average Bonchev–Trinajstić information content (AvgIpc) is 2.73. The maximum absolute atomic E-state index is 12.9. The van der Waals surface area contributed by atoms with Gasteiger partial charge in [-0.15, -0.1) is 0 Å². The van der Waals surface area contributed by atoms with Gasteiger partial charge >= 0.3 is 5.97 Å². The standard InChI is InChI=1S/C21H27FN2O4/c22-18-7-1-14(2-8-18)13-23-19(25)15-9-11-24(12-10-15)20(26)16-3-5-17(6-4-16)21(27)28/h1-2,7-8,15-17H,3-6,9-13H2,(H,23,25)(H,27,28). The van der Waals surface area contributed by atoms with Gasteiger partial charge in [-0.1, -0.05) is 12.1 Å². The van der Waals surface area contributed by atoms with E-state index in [1.807, 2.05) is 4.90 Å². The Morgan fingerprint density at radius 2 is 1.50 bits per heavy atom. The van der Waals surface area contributed by atoms with Crippen molar-refractivity contribution in [2.24, 2.45) is 17.8 Å². The number of amides is 2. The number of likely N-dealkylation sites (tertiary alicyclic amines) is 1. The molecule has 1 saturated carbocycles. The Morgan fingerprint density at radius 3 is 2.07 bits per heavy atom. The number of piperidine rings is 1. The molecule has 2 fully saturated rings. The van der Waals surface area contributed by atoms with E-state index in [4.69, 9.17) is 5.11 Å². The summed E-state index contributed by atoms with van der Waals surface area (Å²) in [5.41, 5.74) is 0.847. The van der Waals surface area contributed by atoms with Gasteiger partial charge < -0.3 is 15.3 Å². The zero-order valence-corrected chi connectivity index (χ0v) is 15.9. The highest BCUT2D eigenvalue weighted by Gasteiger charge is 2.34. The van der Waals surface area contributed by atoms with Gasteiger partial charge in [0, 0.05) is 31.5 Å². The van der Waals surface area contributed by atoms with Crippen molar-refractivity contribution < 1.29 is 23.9 Å². The molecule has 3 rings (SSSR count). The number of carboxylic acids is 1. The molecule has 28 heavy (non-hydrogen) atoms. The lowest BCUT2D eigenvalue weighted by Gasteiger charge is -2.35. The summed E-state index contributed by atoms with van der Waals surface area (Å²) in [6.07, 6.45) is 3.65. The molecule has 1 saturated heterocycles. The number of carbonyl (C=O) groups is 3. The fourth-order valence-corrected chi connectivity index (χ4v) is 4.14. The summed E-state index contributed by atoms with van der Waals surface area (Å²) >= 11 is 0. The summed E-state index contributed by atoms with van der Waals surface area (Å²) in [5, 5.41) is 12.0. The summed E-state index contributed by atoms with van der Waals surface area (Å²) < 4.78 is 12.9. The topological polar surface area (TPSA) is 86.7 Å². The van der Waals surface area contributed by atoms with E-state index in [9.17, 15) is 18.8 Å². The fraction of sp³-hybridized carbons (Fsp3) is 0.571. The van der Waals surface area contributed by atoms with Crippen molar-refractivity contribution in [3.63, 3.8) is 0 Å². The van der Waals surface area contributed by atoms with E-state index in [0.29, 0.717) is 58.2 Å². The van der Waals surface area contributed by atoms with Crippen LogP contribution in [0.4, 0.5) is 4.39 Å². The third-order valence-electron chi connectivity index (χ3n) is 5.98. The van der Waals surface area contributed by atoms with E-state index in [2.05, 4.69) is 5.32 Å². The minimum atomic E-state index is -0.765. The number of carbonyl (C=O) groups excluding carboxylic acids is 2. The predicted octanol–water partition coefficient (Wildman–Crippen LogP) is 2.57. The molecular weight excluding hydrogens is 363 g/mol. The maximum atomic E-state index is 12.9. The highest BCUT2D eigenvalue weighted by atomic mass is 19.1. The molecule has 0 unspecified atom stereocenters. The van der Waals surface area contributed by atoms with Crippen LogP contribution in [0.15, 0.2) is 24.3 Å². The zero-order valence-electron chi connectivity index (χ0n) is 15.9. The summed E-state index contributed by atoms with van der Waals surface area (Å²) in [6.45, 7) is 1.49. The van der Waals surface area contributed by atoms with E-state index in [-0.39, 0.29) is 35.4 Å². The second kappa shape index (κ2) is 9.17. The molecule has 2 aliphatic rings. The number of rotatable bonds is 5. The molecule has 1 aliphatic carbocycles. The van der Waals surface area contributed by atoms with Gasteiger partial charge in [0.2, 0.25) is 11.8 Å². The molecule has 0 aromatic heterocycles. The van der Waals surface area contributed by atoms with Crippen LogP contribution in [0.2, 0.25) is 0 Å². The number of nitrogens with one attached hydrogen (secondary N) is 1. The summed E-state index contributed by atoms with van der Waals surface area (Å²) in [7, 11) is 0. The normalized spacial score (nSPS) is 23.2. The van der Waals surface area contributed by atoms with Crippen molar-refractivity contribution in [3.8, 4) is 0 Å². The van der Waals surface area contributed by atoms with Crippen LogP contribution in [0, 0.1) is 23.6 Å². The van der Waals surface area contributed by atoms with E-state index < -0.39 is 5.97 Å². The molecule has 1 aromatic rings. The number of hydrogen-bond donors (Lipinski definition) is 2. The number of nitrogens with zero attached hydrogens (tertiary/aromatic N) is 1. The summed E-state index contributed by atoms with van der Waals surface area (Å²) in [5.74, 6) is -1.51. The van der Waals surface area contributed by atoms with E-state index in [0.717, 1.165) is 5.56 Å². The number of benzene rings is 1. The molecular formula is C21H27FN2O4. The Hall–Kier alpha value is -2.44. The third kappa shape index (κ3) is 5.09. The van der Waals surface area contributed by atoms with Crippen molar-refractivity contribution >= 4 is 17.8 Å². The van der Waals surface area contributed by atoms with Crippen LogP contribution >= 0.6 is 0 Å². The zero-order chi connectivity index (χ0) is 20.1. The monoisotopic (exact) mass is 390 g/mol. The molecule has 2 N–H and O–H groups in total. The van der Waals surface area contributed by atoms with Gasteiger partial charge in [-0.2, -0.15) is 0 Å². The first kappa shape index (κ1) is 20.3. The molecule has 7 heteroatoms. The summed E-state index contributed by atoms with van der Waals surface area (Å²) in [4.78, 5) is 37.9. The first-order chi connectivity index (χ1) is 13.4. The molecule has 0 bridgehead atoms. The van der Waals surface area contributed by atoms with Crippen LogP contribution in [0.1, 0.15) is 44.1 Å². The van der Waals surface area contributed by atoms with Crippen molar-refractivity contribution in [2.75, 3.05) is 13.1 Å². The number of aliphatic carboxylic acids is 1. The molecule has 0 spiro atoms. The van der Waals surface area contributed by atoms with Gasteiger partial charge in [-0.25, -0.2) is 4.39 Å². The minimum absolute atomic E-state index is 0.0293. The molecule has 2 amide bonds. The van der Waals surface area contributed by atoms with Gasteiger partial charge in [0.25, 0.3) is 0 Å². The van der Waals surface area contributed by atoms with E-state index >= 15 is 0 Å². The Balaban J connectivity index is 1.41. The molecule has 1 heterocycles. The van der Waals surface area contributed by atoms with Crippen LogP contribution in [0.25, 0.3) is 0 Å². The van der Waals surface area contributed by atoms with Gasteiger partial charge in [-0.3, -0.25) is 14.4 Å². The molecule has 1 aliphatic heterocycles. The predicted molar refractivity (Wildman–Crippen MR) is 101 cm³/mol. The lowest BCUT2D eigenvalue weighted by Crippen LogP contribution is -2.45. The quantitative estimate of drug-likeness (QED) is 0.809. The van der Waals surface area contributed by atoms with E-state index in [1.54, 1.807) is 12.1 Å². The van der Waals surface area contributed by atoms with Crippen LogP contribution in [0.3, 0.4) is 0 Å². The van der Waals surface area contributed by atoms with Crippen molar-refractivity contribution in [2.45, 2.75) is 45.1 Å². The Kier molecular flexibility index (Phi) is 6.65. The second-order valence-electron chi connectivity index (χ2n) is 7.83. The van der Waals surface area contributed by atoms with Crippen LogP contribution < -0.4 is 5.32 Å². The number of halogens is 1. The number of hydrogen-bond acceptors (Lipinski definition) is 3. The first-order valence-corrected chi connectivity index (χ1v) is 9.98. The highest BCUT2D eigenvalue weighted by molar-refractivity contribution is 5.81. The van der Waals surface area contributed by atoms with Crippen LogP contribution in [0.5, 0.6) is 0 Å². The molecule has 152 valence electrons. The van der Waals surface area contributed by atoms with Gasteiger partial charge in [-0.05, 0) is 56.2 Å². The van der Waals surface area contributed by atoms with E-state index in [1.165, 1.54) is 12.1 Å². The number of carboxylic acid groups (broad SMARTS) is 1. The first-order valence-electron chi connectivity index (χ1n) is 9.98. The van der Waals surface area contributed by atoms with Crippen molar-refractivity contribution in [1.82, 2.24) is 10.2 Å². The lowest BCUT2D eigenvalue weighted by atomic mass is 9.81. The molecule has 0 atom stereocenters. The molecule has 0 radical (unpaired) electrons. The SMILES string of the molecule is O=C(O)C1CCC(C(=O)N2CCC(C(=O)NCc3ccc(F)cc3)CC2)CC1. The van der Waals surface area contributed by atoms with Crippen LogP contribution in [-0.4, -0.2) is 40.9 Å². The molecule has 6 nitrogen and oxygen atoms in total. The van der Waals surface area contributed by atoms with Crippen LogP contribution in [-0.2, 0) is 20.9 Å². The second-order valence-corrected chi connectivity index (χ2v) is 7.83. The smallest absolute Gasteiger partial charge is 0.306 e. The Bertz CT molecular complexity index is 706. The summed E-state index contributed by atoms with van der Waals surface area (Å²) in [6, 6.07) is 6.04. The Labute approximate surface area is 164 Å². The lowest BCUT2D eigenvalue weighted by molar-refractivity contribution is -0.146. The van der Waals surface area contributed by atoms with Gasteiger partial charge in [0.05, 0.1) is 5.92 Å². The largest absolute Gasteiger partial charge is 0.481 e. The average molecular weight is 390 g/mol.